The molecule has 0 fully saturated rings. The first kappa shape index (κ1) is 21.2. The lowest BCUT2D eigenvalue weighted by atomic mass is 10.0. The minimum absolute atomic E-state index is 0.187. The standard InChI is InChI=1S/C22H17ClN6O3S/c1-12-18(19(28-32-12)13-4-2-3-5-14(13)23)21(31)29-9-6-15-17(11-29)33-22(26-15)27-20(30)16-10-24-7-8-25-16/h2-5,7-8,10H,6,9,11H2,1H3,(H,26,27,30). The maximum absolute atomic E-state index is 13.4. The Morgan fingerprint density at radius 1 is 1.24 bits per heavy atom. The molecule has 1 aliphatic rings. The van der Waals surface area contributed by atoms with Gasteiger partial charge in [-0.25, -0.2) is 9.97 Å². The molecule has 5 rings (SSSR count). The average Bonchev–Trinajstić information content (AvgIpc) is 3.41. The fourth-order valence-electron chi connectivity index (χ4n) is 3.62. The van der Waals surface area contributed by atoms with Crippen molar-refractivity contribution in [3.8, 4) is 11.3 Å². The Hall–Kier alpha value is -3.63. The van der Waals surface area contributed by atoms with Crippen LogP contribution in [0.2, 0.25) is 5.02 Å². The van der Waals surface area contributed by atoms with Crippen LogP contribution in [0.15, 0.2) is 47.4 Å². The summed E-state index contributed by atoms with van der Waals surface area (Å²) in [6, 6.07) is 7.20. The Labute approximate surface area is 197 Å². The van der Waals surface area contributed by atoms with Gasteiger partial charge in [-0.2, -0.15) is 0 Å². The summed E-state index contributed by atoms with van der Waals surface area (Å²) in [6.45, 7) is 2.57. The molecule has 1 aliphatic heterocycles. The summed E-state index contributed by atoms with van der Waals surface area (Å²) < 4.78 is 5.35. The molecule has 1 N–H and O–H groups in total. The van der Waals surface area contributed by atoms with Gasteiger partial charge in [-0.3, -0.25) is 19.9 Å². The molecule has 0 bridgehead atoms. The van der Waals surface area contributed by atoms with Gasteiger partial charge in [0.2, 0.25) is 0 Å². The number of anilines is 1. The number of carbonyl (C=O) groups excluding carboxylic acids is 2. The van der Waals surface area contributed by atoms with E-state index in [1.807, 2.05) is 12.1 Å². The molecular formula is C22H17ClN6O3S. The average molecular weight is 481 g/mol. The van der Waals surface area contributed by atoms with E-state index in [1.54, 1.807) is 24.0 Å². The number of fused-ring (bicyclic) bond motifs is 1. The van der Waals surface area contributed by atoms with Gasteiger partial charge in [0.1, 0.15) is 22.7 Å². The number of thiazole rings is 1. The van der Waals surface area contributed by atoms with E-state index in [0.29, 0.717) is 52.2 Å². The van der Waals surface area contributed by atoms with Gasteiger partial charge < -0.3 is 9.42 Å². The van der Waals surface area contributed by atoms with Crippen molar-refractivity contribution in [2.45, 2.75) is 19.9 Å². The molecule has 0 unspecified atom stereocenters. The van der Waals surface area contributed by atoms with Crippen LogP contribution in [0.5, 0.6) is 0 Å². The van der Waals surface area contributed by atoms with Crippen LogP contribution in [0.4, 0.5) is 5.13 Å². The Kier molecular flexibility index (Phi) is 5.61. The minimum atomic E-state index is -0.383. The quantitative estimate of drug-likeness (QED) is 0.469. The van der Waals surface area contributed by atoms with Crippen molar-refractivity contribution in [3.05, 3.63) is 75.5 Å². The van der Waals surface area contributed by atoms with Crippen molar-refractivity contribution in [1.82, 2.24) is 25.0 Å². The zero-order valence-corrected chi connectivity index (χ0v) is 19.0. The van der Waals surface area contributed by atoms with E-state index in [1.165, 1.54) is 29.9 Å². The van der Waals surface area contributed by atoms with Gasteiger partial charge >= 0.3 is 0 Å². The summed E-state index contributed by atoms with van der Waals surface area (Å²) in [6.07, 6.45) is 4.92. The van der Waals surface area contributed by atoms with Gasteiger partial charge in [0, 0.05) is 35.8 Å². The lowest BCUT2D eigenvalue weighted by molar-refractivity contribution is 0.0735. The van der Waals surface area contributed by atoms with Crippen LogP contribution in [-0.4, -0.2) is 43.4 Å². The van der Waals surface area contributed by atoms with Crippen LogP contribution in [0.3, 0.4) is 0 Å². The minimum Gasteiger partial charge on any atom is -0.360 e. The zero-order chi connectivity index (χ0) is 22.9. The van der Waals surface area contributed by atoms with Crippen molar-refractivity contribution in [2.24, 2.45) is 0 Å². The molecule has 1 aromatic carbocycles. The monoisotopic (exact) mass is 480 g/mol. The molecule has 0 saturated heterocycles. The highest BCUT2D eigenvalue weighted by molar-refractivity contribution is 7.15. The van der Waals surface area contributed by atoms with Crippen LogP contribution in [0, 0.1) is 6.92 Å². The first-order valence-corrected chi connectivity index (χ1v) is 11.3. The van der Waals surface area contributed by atoms with Crippen molar-refractivity contribution < 1.29 is 14.1 Å². The number of rotatable bonds is 4. The fourth-order valence-corrected chi connectivity index (χ4v) is 4.86. The van der Waals surface area contributed by atoms with E-state index in [2.05, 4.69) is 25.4 Å². The van der Waals surface area contributed by atoms with E-state index in [0.717, 1.165) is 10.6 Å². The molecule has 3 aromatic heterocycles. The smallest absolute Gasteiger partial charge is 0.277 e. The Morgan fingerprint density at radius 2 is 2.09 bits per heavy atom. The molecule has 11 heteroatoms. The lowest BCUT2D eigenvalue weighted by Gasteiger charge is -2.26. The van der Waals surface area contributed by atoms with Crippen LogP contribution in [0.1, 0.15) is 37.2 Å². The van der Waals surface area contributed by atoms with Crippen molar-refractivity contribution in [2.75, 3.05) is 11.9 Å². The number of benzene rings is 1. The summed E-state index contributed by atoms with van der Waals surface area (Å²) in [4.78, 5) is 40.9. The van der Waals surface area contributed by atoms with Gasteiger partial charge in [-0.15, -0.1) is 0 Å². The number of halogens is 1. The first-order chi connectivity index (χ1) is 16.0. The molecule has 0 aliphatic carbocycles. The topological polar surface area (TPSA) is 114 Å². The normalized spacial score (nSPS) is 13.0. The molecule has 9 nitrogen and oxygen atoms in total. The highest BCUT2D eigenvalue weighted by atomic mass is 35.5. The predicted molar refractivity (Wildman–Crippen MR) is 122 cm³/mol. The summed E-state index contributed by atoms with van der Waals surface area (Å²) in [7, 11) is 0. The molecule has 0 radical (unpaired) electrons. The molecule has 2 amide bonds. The molecule has 33 heavy (non-hydrogen) atoms. The van der Waals surface area contributed by atoms with E-state index < -0.39 is 0 Å². The van der Waals surface area contributed by atoms with Gasteiger partial charge in [-0.1, -0.05) is 46.3 Å². The van der Waals surface area contributed by atoms with Crippen LogP contribution in [0.25, 0.3) is 11.3 Å². The SMILES string of the molecule is Cc1onc(-c2ccccc2Cl)c1C(=O)N1CCc2nc(NC(=O)c3cnccn3)sc2C1. The molecule has 166 valence electrons. The van der Waals surface area contributed by atoms with Gasteiger partial charge in [0.15, 0.2) is 5.13 Å². The number of aromatic nitrogens is 4. The number of hydrogen-bond acceptors (Lipinski definition) is 8. The predicted octanol–water partition coefficient (Wildman–Crippen LogP) is 4.00. The van der Waals surface area contributed by atoms with Crippen LogP contribution < -0.4 is 5.32 Å². The van der Waals surface area contributed by atoms with Gasteiger partial charge in [0.25, 0.3) is 11.8 Å². The van der Waals surface area contributed by atoms with Gasteiger partial charge in [-0.05, 0) is 13.0 Å². The third-order valence-electron chi connectivity index (χ3n) is 5.24. The van der Waals surface area contributed by atoms with Crippen molar-refractivity contribution in [1.29, 1.82) is 0 Å². The number of nitrogens with zero attached hydrogens (tertiary/aromatic N) is 5. The second-order valence-electron chi connectivity index (χ2n) is 7.35. The molecule has 4 heterocycles. The summed E-state index contributed by atoms with van der Waals surface area (Å²) in [5.41, 5.74) is 2.54. The maximum Gasteiger partial charge on any atom is 0.277 e. The number of nitrogens with one attached hydrogen (secondary N) is 1. The molecule has 0 saturated carbocycles. The fraction of sp³-hybridized carbons (Fsp3) is 0.182. The molecule has 0 atom stereocenters. The lowest BCUT2D eigenvalue weighted by Crippen LogP contribution is -2.35. The maximum atomic E-state index is 13.4. The zero-order valence-electron chi connectivity index (χ0n) is 17.4. The summed E-state index contributed by atoms with van der Waals surface area (Å²) in [5.74, 6) is -0.138. The summed E-state index contributed by atoms with van der Waals surface area (Å²) >= 11 is 7.67. The Morgan fingerprint density at radius 3 is 2.88 bits per heavy atom. The summed E-state index contributed by atoms with van der Waals surface area (Å²) in [5, 5.41) is 7.81. The molecule has 0 spiro atoms. The van der Waals surface area contributed by atoms with E-state index in [-0.39, 0.29) is 17.5 Å². The highest BCUT2D eigenvalue weighted by Gasteiger charge is 2.30. The van der Waals surface area contributed by atoms with Crippen molar-refractivity contribution >= 4 is 39.9 Å². The number of amides is 2. The largest absolute Gasteiger partial charge is 0.360 e. The van der Waals surface area contributed by atoms with Crippen LogP contribution >= 0.6 is 22.9 Å². The third kappa shape index (κ3) is 4.10. The second-order valence-corrected chi connectivity index (χ2v) is 8.84. The molecular weight excluding hydrogens is 464 g/mol. The second kappa shape index (κ2) is 8.72. The first-order valence-electron chi connectivity index (χ1n) is 10.1. The van der Waals surface area contributed by atoms with Crippen molar-refractivity contribution in [3.63, 3.8) is 0 Å². The number of carbonyl (C=O) groups is 2. The molecule has 4 aromatic rings. The number of hydrogen-bond donors (Lipinski definition) is 1. The third-order valence-corrected chi connectivity index (χ3v) is 6.57. The number of aryl methyl sites for hydroxylation is 1. The van der Waals surface area contributed by atoms with Gasteiger partial charge in [0.05, 0.1) is 23.5 Å². The Balaban J connectivity index is 1.36. The van der Waals surface area contributed by atoms with E-state index >= 15 is 0 Å². The van der Waals surface area contributed by atoms with E-state index in [4.69, 9.17) is 16.1 Å². The Bertz CT molecular complexity index is 1350. The van der Waals surface area contributed by atoms with E-state index in [9.17, 15) is 9.59 Å². The van der Waals surface area contributed by atoms with Crippen LogP contribution in [-0.2, 0) is 13.0 Å². The highest BCUT2D eigenvalue weighted by Crippen LogP contribution is 2.34.